The Morgan fingerprint density at radius 3 is 2.58 bits per heavy atom. The maximum absolute atomic E-state index is 12.0. The van der Waals surface area contributed by atoms with E-state index in [2.05, 4.69) is 5.32 Å². The van der Waals surface area contributed by atoms with Gasteiger partial charge in [-0.15, -0.1) is 0 Å². The first-order valence-electron chi connectivity index (χ1n) is 6.01. The van der Waals surface area contributed by atoms with Crippen molar-refractivity contribution in [3.63, 3.8) is 0 Å². The van der Waals surface area contributed by atoms with Gasteiger partial charge in [0.25, 0.3) is 0 Å². The number of ether oxygens (including phenoxy) is 1. The van der Waals surface area contributed by atoms with Crippen LogP contribution in [0.3, 0.4) is 0 Å². The third-order valence-corrected chi connectivity index (χ3v) is 5.16. The van der Waals surface area contributed by atoms with Crippen molar-refractivity contribution in [3.05, 3.63) is 29.8 Å². The molecule has 104 valence electrons. The largest absolute Gasteiger partial charge is 0.467 e. The van der Waals surface area contributed by atoms with Crippen molar-refractivity contribution in [2.45, 2.75) is 18.9 Å². The third-order valence-electron chi connectivity index (χ3n) is 3.40. The molecule has 5 nitrogen and oxygen atoms in total. The average molecular weight is 283 g/mol. The van der Waals surface area contributed by atoms with Gasteiger partial charge in [0.1, 0.15) is 0 Å². The lowest BCUT2D eigenvalue weighted by molar-refractivity contribution is -0.145. The van der Waals surface area contributed by atoms with Crippen LogP contribution in [0.25, 0.3) is 0 Å². The molecule has 1 aromatic rings. The van der Waals surface area contributed by atoms with E-state index >= 15 is 0 Å². The molecule has 0 radical (unpaired) electrons. The molecule has 0 amide bonds. The molecule has 0 aromatic heterocycles. The summed E-state index contributed by atoms with van der Waals surface area (Å²) in [6.45, 7) is 1.90. The van der Waals surface area contributed by atoms with Crippen molar-refractivity contribution < 1.29 is 17.9 Å². The van der Waals surface area contributed by atoms with Gasteiger partial charge in [0.15, 0.2) is 15.4 Å². The number of aryl methyl sites for hydroxylation is 1. The van der Waals surface area contributed by atoms with Crippen molar-refractivity contribution in [3.8, 4) is 0 Å². The van der Waals surface area contributed by atoms with Gasteiger partial charge in [0, 0.05) is 5.69 Å². The predicted molar refractivity (Wildman–Crippen MR) is 72.8 cm³/mol. The summed E-state index contributed by atoms with van der Waals surface area (Å²) < 4.78 is 28.2. The number of rotatable bonds is 3. The normalized spacial score (nSPS) is 24.9. The quantitative estimate of drug-likeness (QED) is 0.842. The minimum atomic E-state index is -3.21. The van der Waals surface area contributed by atoms with Crippen LogP contribution in [0.2, 0.25) is 0 Å². The molecule has 2 rings (SSSR count). The van der Waals surface area contributed by atoms with Crippen LogP contribution in [-0.4, -0.2) is 38.5 Å². The lowest BCUT2D eigenvalue weighted by Crippen LogP contribution is -2.48. The second-order valence-electron chi connectivity index (χ2n) is 4.86. The number of nitrogens with one attached hydrogen (secondary N) is 1. The highest BCUT2D eigenvalue weighted by molar-refractivity contribution is 7.91. The summed E-state index contributed by atoms with van der Waals surface area (Å²) in [7, 11) is -1.93. The van der Waals surface area contributed by atoms with Crippen LogP contribution in [-0.2, 0) is 19.4 Å². The van der Waals surface area contributed by atoms with Crippen LogP contribution in [0.1, 0.15) is 12.0 Å². The summed E-state index contributed by atoms with van der Waals surface area (Å²) >= 11 is 0. The van der Waals surface area contributed by atoms with Gasteiger partial charge in [-0.25, -0.2) is 13.2 Å². The Morgan fingerprint density at radius 1 is 1.37 bits per heavy atom. The smallest absolute Gasteiger partial charge is 0.332 e. The fraction of sp³-hybridized carbons (Fsp3) is 0.462. The maximum Gasteiger partial charge on any atom is 0.332 e. The molecule has 1 heterocycles. The first kappa shape index (κ1) is 13.9. The van der Waals surface area contributed by atoms with E-state index in [0.717, 1.165) is 11.3 Å². The van der Waals surface area contributed by atoms with E-state index in [1.165, 1.54) is 7.11 Å². The first-order chi connectivity index (χ1) is 8.88. The Bertz CT molecular complexity index is 596. The standard InChI is InChI=1S/C13H17NO4S/c1-10-5-3-4-6-11(10)14-13(12(15)18-2)7-8-19(16,17)9-13/h3-6,14H,7-9H2,1-2H3. The van der Waals surface area contributed by atoms with Crippen LogP contribution < -0.4 is 5.32 Å². The number of anilines is 1. The van der Waals surface area contributed by atoms with E-state index in [0.29, 0.717) is 0 Å². The van der Waals surface area contributed by atoms with E-state index in [9.17, 15) is 13.2 Å². The molecule has 1 aliphatic rings. The van der Waals surface area contributed by atoms with Gasteiger partial charge in [0.2, 0.25) is 0 Å². The number of carbonyl (C=O) groups is 1. The van der Waals surface area contributed by atoms with Gasteiger partial charge in [0.05, 0.1) is 18.6 Å². The number of sulfone groups is 1. The SMILES string of the molecule is COC(=O)C1(Nc2ccccc2C)CCS(=O)(=O)C1. The molecular formula is C13H17NO4S. The highest BCUT2D eigenvalue weighted by Crippen LogP contribution is 2.30. The summed E-state index contributed by atoms with van der Waals surface area (Å²) in [6.07, 6.45) is 0.232. The topological polar surface area (TPSA) is 72.5 Å². The van der Waals surface area contributed by atoms with Gasteiger partial charge in [-0.3, -0.25) is 0 Å². The van der Waals surface area contributed by atoms with Crippen molar-refractivity contribution in [1.29, 1.82) is 0 Å². The molecule has 6 heteroatoms. The molecule has 1 aromatic carbocycles. The van der Waals surface area contributed by atoms with Gasteiger partial charge in [-0.05, 0) is 25.0 Å². The molecule has 1 atom stereocenters. The number of hydrogen-bond donors (Lipinski definition) is 1. The third kappa shape index (κ3) is 2.73. The molecule has 0 saturated carbocycles. The van der Waals surface area contributed by atoms with Crippen molar-refractivity contribution in [1.82, 2.24) is 0 Å². The zero-order valence-corrected chi connectivity index (χ0v) is 11.8. The summed E-state index contributed by atoms with van der Waals surface area (Å²) in [5, 5.41) is 3.08. The van der Waals surface area contributed by atoms with E-state index in [-0.39, 0.29) is 17.9 Å². The molecule has 1 aliphatic heterocycles. The number of methoxy groups -OCH3 is 1. The van der Waals surface area contributed by atoms with Crippen LogP contribution in [0, 0.1) is 6.92 Å². The maximum atomic E-state index is 12.0. The number of hydrogen-bond acceptors (Lipinski definition) is 5. The molecule has 0 aliphatic carbocycles. The minimum absolute atomic E-state index is 0.000973. The lowest BCUT2D eigenvalue weighted by Gasteiger charge is -2.28. The molecule has 1 N–H and O–H groups in total. The lowest BCUT2D eigenvalue weighted by atomic mass is 9.98. The number of benzene rings is 1. The second kappa shape index (κ2) is 4.85. The zero-order chi connectivity index (χ0) is 14.1. The highest BCUT2D eigenvalue weighted by Gasteiger charge is 2.49. The van der Waals surface area contributed by atoms with Crippen LogP contribution >= 0.6 is 0 Å². The fourth-order valence-corrected chi connectivity index (χ4v) is 4.22. The van der Waals surface area contributed by atoms with Crippen molar-refractivity contribution >= 4 is 21.5 Å². The van der Waals surface area contributed by atoms with Gasteiger partial charge in [-0.2, -0.15) is 0 Å². The van der Waals surface area contributed by atoms with E-state index < -0.39 is 21.3 Å². The van der Waals surface area contributed by atoms with Crippen LogP contribution in [0.4, 0.5) is 5.69 Å². The minimum Gasteiger partial charge on any atom is -0.467 e. The Balaban J connectivity index is 2.36. The van der Waals surface area contributed by atoms with E-state index in [1.54, 1.807) is 0 Å². The Morgan fingerprint density at radius 2 is 2.05 bits per heavy atom. The fourth-order valence-electron chi connectivity index (χ4n) is 2.33. The summed E-state index contributed by atoms with van der Waals surface area (Å²) in [5.74, 6) is -0.751. The second-order valence-corrected chi connectivity index (χ2v) is 7.04. The van der Waals surface area contributed by atoms with Crippen LogP contribution in [0.5, 0.6) is 0 Å². The molecule has 0 bridgehead atoms. The molecular weight excluding hydrogens is 266 g/mol. The van der Waals surface area contributed by atoms with Gasteiger partial charge < -0.3 is 10.1 Å². The van der Waals surface area contributed by atoms with Gasteiger partial charge >= 0.3 is 5.97 Å². The number of carbonyl (C=O) groups excluding carboxylic acids is 1. The summed E-state index contributed by atoms with van der Waals surface area (Å²) in [5.41, 5.74) is 0.541. The molecule has 0 spiro atoms. The summed E-state index contributed by atoms with van der Waals surface area (Å²) in [4.78, 5) is 12.0. The van der Waals surface area contributed by atoms with Crippen molar-refractivity contribution in [2.75, 3.05) is 23.9 Å². The summed E-state index contributed by atoms with van der Waals surface area (Å²) in [6, 6.07) is 7.45. The average Bonchev–Trinajstić information content (AvgIpc) is 2.68. The molecule has 1 fully saturated rings. The van der Waals surface area contributed by atoms with Gasteiger partial charge in [-0.1, -0.05) is 18.2 Å². The number of esters is 1. The Kier molecular flexibility index (Phi) is 3.54. The zero-order valence-electron chi connectivity index (χ0n) is 11.0. The Labute approximate surface area is 112 Å². The van der Waals surface area contributed by atoms with Crippen LogP contribution in [0.15, 0.2) is 24.3 Å². The molecule has 1 unspecified atom stereocenters. The van der Waals surface area contributed by atoms with E-state index in [4.69, 9.17) is 4.74 Å². The van der Waals surface area contributed by atoms with Crippen molar-refractivity contribution in [2.24, 2.45) is 0 Å². The molecule has 1 saturated heterocycles. The number of para-hydroxylation sites is 1. The first-order valence-corrected chi connectivity index (χ1v) is 7.83. The Hall–Kier alpha value is -1.56. The highest BCUT2D eigenvalue weighted by atomic mass is 32.2. The monoisotopic (exact) mass is 283 g/mol. The van der Waals surface area contributed by atoms with E-state index in [1.807, 2.05) is 31.2 Å². The predicted octanol–water partition coefficient (Wildman–Crippen LogP) is 1.14. The molecule has 19 heavy (non-hydrogen) atoms.